The fourth-order valence-electron chi connectivity index (χ4n) is 4.48. The van der Waals surface area contributed by atoms with E-state index in [2.05, 4.69) is 6.92 Å². The van der Waals surface area contributed by atoms with Gasteiger partial charge in [-0.2, -0.15) is 0 Å². The molecule has 0 spiro atoms. The number of unbranched alkanes of at least 4 members (excludes halogenated alkanes) is 9. The molecule has 0 unspecified atom stereocenters. The van der Waals surface area contributed by atoms with Crippen LogP contribution >= 0.6 is 0 Å². The van der Waals surface area contributed by atoms with Crippen LogP contribution in [-0.4, -0.2) is 117 Å². The van der Waals surface area contributed by atoms with Gasteiger partial charge in [0, 0.05) is 6.61 Å². The maximum atomic E-state index is 10.6. The number of aliphatic hydroxyl groups is 7. The molecule has 0 aromatic carbocycles. The lowest BCUT2D eigenvalue weighted by atomic mass is 9.97. The third kappa shape index (κ3) is 9.11. The normalized spacial score (nSPS) is 38.1. The molecule has 2 rings (SSSR count). The van der Waals surface area contributed by atoms with Gasteiger partial charge >= 0.3 is 0 Å². The third-order valence-corrected chi connectivity index (χ3v) is 6.74. The highest BCUT2D eigenvalue weighted by Gasteiger charge is 2.50. The minimum atomic E-state index is -1.69. The molecular weight excluding hydrogens is 464 g/mol. The molecule has 2 heterocycles. The molecule has 10 atom stereocenters. The van der Waals surface area contributed by atoms with E-state index in [1.807, 2.05) is 0 Å². The minimum Gasteiger partial charge on any atom is -0.394 e. The minimum absolute atomic E-state index is 0.321. The zero-order valence-corrected chi connectivity index (χ0v) is 20.7. The van der Waals surface area contributed by atoms with Gasteiger partial charge in [-0.1, -0.05) is 64.7 Å². The van der Waals surface area contributed by atoms with Gasteiger partial charge in [-0.25, -0.2) is 0 Å². The summed E-state index contributed by atoms with van der Waals surface area (Å²) in [5, 5.41) is 70.1. The first-order chi connectivity index (χ1) is 16.8. The molecule has 0 aromatic heterocycles. The van der Waals surface area contributed by atoms with Gasteiger partial charge in [-0.15, -0.1) is 0 Å². The van der Waals surface area contributed by atoms with E-state index in [0.717, 1.165) is 19.3 Å². The molecule has 11 nitrogen and oxygen atoms in total. The second kappa shape index (κ2) is 16.4. The second-order valence-corrected chi connectivity index (χ2v) is 9.56. The van der Waals surface area contributed by atoms with Gasteiger partial charge in [0.15, 0.2) is 12.6 Å². The van der Waals surface area contributed by atoms with Crippen molar-refractivity contribution < 1.29 is 54.7 Å². The van der Waals surface area contributed by atoms with Gasteiger partial charge in [-0.05, 0) is 6.42 Å². The van der Waals surface area contributed by atoms with Crippen LogP contribution in [0.25, 0.3) is 0 Å². The van der Waals surface area contributed by atoms with Crippen molar-refractivity contribution in [2.45, 2.75) is 133 Å². The summed E-state index contributed by atoms with van der Waals surface area (Å²) in [7, 11) is 0. The van der Waals surface area contributed by atoms with Crippen molar-refractivity contribution in [1.29, 1.82) is 0 Å². The summed E-state index contributed by atoms with van der Waals surface area (Å²) in [6.45, 7) is 1.31. The number of hydrogen-bond donors (Lipinski definition) is 7. The fraction of sp³-hybridized carbons (Fsp3) is 1.00. The first-order valence-electron chi connectivity index (χ1n) is 13.1. The Morgan fingerprint density at radius 2 is 1.09 bits per heavy atom. The van der Waals surface area contributed by atoms with Gasteiger partial charge in [0.25, 0.3) is 0 Å². The van der Waals surface area contributed by atoms with E-state index in [1.165, 1.54) is 44.9 Å². The SMILES string of the molecule is CCCCCCCCCCCCO[C@@H]1O[C@H](CO)[C@H](O[C@H]2O[C@H](CO)[C@@H](O)[C@H](O)[C@H]2O)[C@H](O)[C@H]1O. The monoisotopic (exact) mass is 510 g/mol. The standard InChI is InChI=1S/C24H46O11/c1-2-3-4-5-6-7-8-9-10-11-12-32-23-21(31)19(29)22(16(14-26)34-23)35-24-20(30)18(28)17(27)15(13-25)33-24/h15-31H,2-14H2,1H3/t15-,16-,17-,18+,19-,20-,21-,22+,23-,24-/m1/s1. The average Bonchev–Trinajstić information content (AvgIpc) is 2.86. The first kappa shape index (κ1) is 30.8. The quantitative estimate of drug-likeness (QED) is 0.134. The van der Waals surface area contributed by atoms with Crippen LogP contribution in [0.2, 0.25) is 0 Å². The van der Waals surface area contributed by atoms with Crippen molar-refractivity contribution in [2.24, 2.45) is 0 Å². The molecule has 2 aliphatic rings. The Morgan fingerprint density at radius 1 is 0.571 bits per heavy atom. The van der Waals surface area contributed by atoms with Crippen LogP contribution in [0.4, 0.5) is 0 Å². The van der Waals surface area contributed by atoms with Crippen LogP contribution < -0.4 is 0 Å². The second-order valence-electron chi connectivity index (χ2n) is 9.56. The third-order valence-electron chi connectivity index (χ3n) is 6.74. The lowest BCUT2D eigenvalue weighted by Gasteiger charge is -2.45. The topological polar surface area (TPSA) is 179 Å². The Balaban J connectivity index is 1.74. The van der Waals surface area contributed by atoms with E-state index in [4.69, 9.17) is 18.9 Å². The van der Waals surface area contributed by atoms with E-state index in [1.54, 1.807) is 0 Å². The summed E-state index contributed by atoms with van der Waals surface area (Å²) in [5.74, 6) is 0. The van der Waals surface area contributed by atoms with E-state index in [9.17, 15) is 35.7 Å². The average molecular weight is 511 g/mol. The summed E-state index contributed by atoms with van der Waals surface area (Å²) in [5.41, 5.74) is 0. The van der Waals surface area contributed by atoms with Crippen LogP contribution in [0.3, 0.4) is 0 Å². The molecular formula is C24H46O11. The van der Waals surface area contributed by atoms with Crippen molar-refractivity contribution in [1.82, 2.24) is 0 Å². The van der Waals surface area contributed by atoms with Crippen LogP contribution in [0.15, 0.2) is 0 Å². The zero-order chi connectivity index (χ0) is 25.8. The molecule has 0 aromatic rings. The molecule has 0 radical (unpaired) electrons. The summed E-state index contributed by atoms with van der Waals surface area (Å²) in [6, 6.07) is 0. The molecule has 7 N–H and O–H groups in total. The van der Waals surface area contributed by atoms with Crippen molar-refractivity contribution in [3.63, 3.8) is 0 Å². The highest BCUT2D eigenvalue weighted by atomic mass is 16.7. The smallest absolute Gasteiger partial charge is 0.187 e. The maximum absolute atomic E-state index is 10.6. The van der Waals surface area contributed by atoms with Gasteiger partial charge < -0.3 is 54.7 Å². The van der Waals surface area contributed by atoms with Crippen LogP contribution in [0.5, 0.6) is 0 Å². The Morgan fingerprint density at radius 3 is 1.66 bits per heavy atom. The lowest BCUT2D eigenvalue weighted by Crippen LogP contribution is -2.64. The van der Waals surface area contributed by atoms with Crippen molar-refractivity contribution in [3.8, 4) is 0 Å². The summed E-state index contributed by atoms with van der Waals surface area (Å²) < 4.78 is 22.0. The maximum Gasteiger partial charge on any atom is 0.187 e. The van der Waals surface area contributed by atoms with Crippen molar-refractivity contribution in [3.05, 3.63) is 0 Å². The highest BCUT2D eigenvalue weighted by molar-refractivity contribution is 4.94. The molecule has 0 amide bonds. The Labute approximate surface area is 207 Å². The van der Waals surface area contributed by atoms with Crippen LogP contribution in [-0.2, 0) is 18.9 Å². The number of rotatable bonds is 16. The lowest BCUT2D eigenvalue weighted by molar-refractivity contribution is -0.359. The Kier molecular flexibility index (Phi) is 14.4. The van der Waals surface area contributed by atoms with Crippen molar-refractivity contribution >= 4 is 0 Å². The first-order valence-corrected chi connectivity index (χ1v) is 13.1. The van der Waals surface area contributed by atoms with Crippen molar-refractivity contribution in [2.75, 3.05) is 19.8 Å². The Bertz CT molecular complexity index is 550. The molecule has 11 heteroatoms. The van der Waals surface area contributed by atoms with Gasteiger partial charge in [-0.3, -0.25) is 0 Å². The van der Waals surface area contributed by atoms with E-state index in [-0.39, 0.29) is 0 Å². The van der Waals surface area contributed by atoms with E-state index >= 15 is 0 Å². The number of ether oxygens (including phenoxy) is 4. The molecule has 208 valence electrons. The Hall–Kier alpha value is -0.440. The largest absolute Gasteiger partial charge is 0.394 e. The summed E-state index contributed by atoms with van der Waals surface area (Å²) in [4.78, 5) is 0. The molecule has 35 heavy (non-hydrogen) atoms. The molecule has 0 bridgehead atoms. The van der Waals surface area contributed by atoms with Crippen LogP contribution in [0.1, 0.15) is 71.1 Å². The number of aliphatic hydroxyl groups excluding tert-OH is 7. The van der Waals surface area contributed by atoms with E-state index in [0.29, 0.717) is 6.61 Å². The number of hydrogen-bond acceptors (Lipinski definition) is 11. The zero-order valence-electron chi connectivity index (χ0n) is 20.7. The molecule has 2 aliphatic heterocycles. The van der Waals surface area contributed by atoms with Gasteiger partial charge in [0.2, 0.25) is 0 Å². The van der Waals surface area contributed by atoms with Gasteiger partial charge in [0.1, 0.15) is 48.8 Å². The highest BCUT2D eigenvalue weighted by Crippen LogP contribution is 2.29. The summed E-state index contributed by atoms with van der Waals surface area (Å²) in [6.07, 6.45) is -2.63. The molecule has 2 fully saturated rings. The summed E-state index contributed by atoms with van der Waals surface area (Å²) >= 11 is 0. The predicted octanol–water partition coefficient (Wildman–Crippen LogP) is -0.452. The fourth-order valence-corrected chi connectivity index (χ4v) is 4.48. The molecule has 2 saturated heterocycles. The van der Waals surface area contributed by atoms with E-state index < -0.39 is 74.6 Å². The van der Waals surface area contributed by atoms with Gasteiger partial charge in [0.05, 0.1) is 13.2 Å². The molecule has 0 aliphatic carbocycles. The molecule has 0 saturated carbocycles. The van der Waals surface area contributed by atoms with Crippen LogP contribution in [0, 0.1) is 0 Å². The predicted molar refractivity (Wildman–Crippen MR) is 124 cm³/mol.